The SMILES string of the molecule is CC(CCN(C)C)CC1(c2ccc(Cl)c(Cl)c2)CCC1.Cl. The average molecular weight is 351 g/mol. The third-order valence-electron chi connectivity index (χ3n) is 4.65. The van der Waals surface area contributed by atoms with Gasteiger partial charge in [-0.25, -0.2) is 0 Å². The summed E-state index contributed by atoms with van der Waals surface area (Å²) in [6.45, 7) is 3.54. The molecule has 1 nitrogen and oxygen atoms in total. The summed E-state index contributed by atoms with van der Waals surface area (Å²) in [6, 6.07) is 6.21. The van der Waals surface area contributed by atoms with Gasteiger partial charge in [0.2, 0.25) is 0 Å². The summed E-state index contributed by atoms with van der Waals surface area (Å²) < 4.78 is 0. The molecule has 0 radical (unpaired) electrons. The van der Waals surface area contributed by atoms with Crippen LogP contribution in [0, 0.1) is 5.92 Å². The Balaban J connectivity index is 0.00000220. The first-order valence-corrected chi connectivity index (χ1v) is 8.29. The van der Waals surface area contributed by atoms with Crippen LogP contribution < -0.4 is 0 Å². The Kier molecular flexibility index (Phi) is 7.33. The molecule has 120 valence electrons. The summed E-state index contributed by atoms with van der Waals surface area (Å²) in [6.07, 6.45) is 6.43. The smallest absolute Gasteiger partial charge is 0.0595 e. The van der Waals surface area contributed by atoms with Crippen LogP contribution in [0.1, 0.15) is 44.6 Å². The minimum Gasteiger partial charge on any atom is -0.309 e. The van der Waals surface area contributed by atoms with Crippen LogP contribution in [-0.2, 0) is 5.41 Å². The van der Waals surface area contributed by atoms with Crippen molar-refractivity contribution in [3.05, 3.63) is 33.8 Å². The zero-order valence-electron chi connectivity index (χ0n) is 13.2. The number of rotatable bonds is 6. The van der Waals surface area contributed by atoms with Crippen LogP contribution in [0.25, 0.3) is 0 Å². The Labute approximate surface area is 145 Å². The largest absolute Gasteiger partial charge is 0.309 e. The zero-order valence-corrected chi connectivity index (χ0v) is 15.5. The highest BCUT2D eigenvalue weighted by Crippen LogP contribution is 2.49. The maximum absolute atomic E-state index is 6.20. The van der Waals surface area contributed by atoms with E-state index in [4.69, 9.17) is 23.2 Å². The predicted molar refractivity (Wildman–Crippen MR) is 96.2 cm³/mol. The Morgan fingerprint density at radius 2 is 1.86 bits per heavy atom. The molecule has 1 atom stereocenters. The molecule has 2 rings (SSSR count). The second kappa shape index (κ2) is 8.06. The van der Waals surface area contributed by atoms with Crippen LogP contribution in [0.5, 0.6) is 0 Å². The van der Waals surface area contributed by atoms with Gasteiger partial charge in [0, 0.05) is 0 Å². The Bertz CT molecular complexity index is 455. The van der Waals surface area contributed by atoms with E-state index in [1.807, 2.05) is 6.07 Å². The van der Waals surface area contributed by atoms with Crippen LogP contribution in [0.2, 0.25) is 10.0 Å². The summed E-state index contributed by atoms with van der Waals surface area (Å²) in [5.41, 5.74) is 1.73. The van der Waals surface area contributed by atoms with Gasteiger partial charge in [0.15, 0.2) is 0 Å². The molecule has 0 spiro atoms. The summed E-state index contributed by atoms with van der Waals surface area (Å²) in [7, 11) is 4.29. The van der Waals surface area contributed by atoms with Gasteiger partial charge in [-0.05, 0) is 75.4 Å². The highest BCUT2D eigenvalue weighted by Gasteiger charge is 2.39. The molecule has 0 N–H and O–H groups in total. The molecule has 4 heteroatoms. The fourth-order valence-corrected chi connectivity index (χ4v) is 3.59. The minimum atomic E-state index is 0. The Morgan fingerprint density at radius 3 is 2.33 bits per heavy atom. The molecule has 0 amide bonds. The summed E-state index contributed by atoms with van der Waals surface area (Å²) >= 11 is 12.2. The zero-order chi connectivity index (χ0) is 14.8. The summed E-state index contributed by atoms with van der Waals surface area (Å²) in [5, 5.41) is 1.35. The predicted octanol–water partition coefficient (Wildman–Crippen LogP) is 5.81. The van der Waals surface area contributed by atoms with Gasteiger partial charge in [0.25, 0.3) is 0 Å². The number of nitrogens with zero attached hydrogens (tertiary/aromatic N) is 1. The first kappa shape index (κ1) is 19.1. The van der Waals surface area contributed by atoms with Crippen molar-refractivity contribution in [3.63, 3.8) is 0 Å². The van der Waals surface area contributed by atoms with Crippen molar-refractivity contribution >= 4 is 35.6 Å². The highest BCUT2D eigenvalue weighted by atomic mass is 35.5. The van der Waals surface area contributed by atoms with Gasteiger partial charge in [0.1, 0.15) is 0 Å². The van der Waals surface area contributed by atoms with Crippen molar-refractivity contribution in [1.29, 1.82) is 0 Å². The van der Waals surface area contributed by atoms with Gasteiger partial charge >= 0.3 is 0 Å². The quantitative estimate of drug-likeness (QED) is 0.625. The van der Waals surface area contributed by atoms with Crippen molar-refractivity contribution in [2.24, 2.45) is 5.92 Å². The van der Waals surface area contributed by atoms with E-state index in [9.17, 15) is 0 Å². The second-order valence-corrected chi connectivity index (χ2v) is 7.48. The molecule has 1 fully saturated rings. The molecule has 1 aliphatic rings. The molecule has 1 aromatic carbocycles. The first-order chi connectivity index (χ1) is 9.43. The van der Waals surface area contributed by atoms with E-state index in [1.165, 1.54) is 44.2 Å². The third kappa shape index (κ3) is 4.76. The molecule has 0 saturated heterocycles. The molecule has 1 unspecified atom stereocenters. The van der Waals surface area contributed by atoms with Crippen molar-refractivity contribution in [1.82, 2.24) is 4.90 Å². The van der Waals surface area contributed by atoms with E-state index in [1.54, 1.807) is 0 Å². The van der Waals surface area contributed by atoms with Gasteiger partial charge < -0.3 is 4.90 Å². The van der Waals surface area contributed by atoms with Gasteiger partial charge in [0.05, 0.1) is 10.0 Å². The lowest BCUT2D eigenvalue weighted by Crippen LogP contribution is -2.36. The summed E-state index contributed by atoms with van der Waals surface area (Å²) in [5.74, 6) is 0.743. The molecular formula is C17H26Cl3N. The van der Waals surface area contributed by atoms with Crippen molar-refractivity contribution < 1.29 is 0 Å². The molecule has 0 heterocycles. The molecule has 1 aliphatic carbocycles. The summed E-state index contributed by atoms with van der Waals surface area (Å²) in [4.78, 5) is 2.27. The maximum Gasteiger partial charge on any atom is 0.0595 e. The third-order valence-corrected chi connectivity index (χ3v) is 5.39. The van der Waals surface area contributed by atoms with Crippen LogP contribution in [0.4, 0.5) is 0 Å². The monoisotopic (exact) mass is 349 g/mol. The van der Waals surface area contributed by atoms with Crippen molar-refractivity contribution in [2.75, 3.05) is 20.6 Å². The van der Waals surface area contributed by atoms with Gasteiger partial charge in [-0.1, -0.05) is 42.6 Å². The van der Waals surface area contributed by atoms with E-state index in [0.717, 1.165) is 5.92 Å². The van der Waals surface area contributed by atoms with Crippen LogP contribution in [0.15, 0.2) is 18.2 Å². The lowest BCUT2D eigenvalue weighted by molar-refractivity contribution is 0.185. The average Bonchev–Trinajstić information content (AvgIpc) is 2.35. The first-order valence-electron chi connectivity index (χ1n) is 7.53. The molecule has 0 aromatic heterocycles. The number of halogens is 3. The second-order valence-electron chi connectivity index (χ2n) is 6.66. The van der Waals surface area contributed by atoms with Gasteiger partial charge in [-0.3, -0.25) is 0 Å². The molecule has 0 aliphatic heterocycles. The fourth-order valence-electron chi connectivity index (χ4n) is 3.29. The fraction of sp³-hybridized carbons (Fsp3) is 0.647. The van der Waals surface area contributed by atoms with Crippen molar-refractivity contribution in [3.8, 4) is 0 Å². The molecule has 21 heavy (non-hydrogen) atoms. The number of hydrogen-bond acceptors (Lipinski definition) is 1. The van der Waals surface area contributed by atoms with E-state index in [-0.39, 0.29) is 12.4 Å². The number of benzene rings is 1. The maximum atomic E-state index is 6.20. The van der Waals surface area contributed by atoms with E-state index < -0.39 is 0 Å². The van der Waals surface area contributed by atoms with E-state index >= 15 is 0 Å². The lowest BCUT2D eigenvalue weighted by Gasteiger charge is -2.44. The minimum absolute atomic E-state index is 0. The topological polar surface area (TPSA) is 3.24 Å². The molecular weight excluding hydrogens is 325 g/mol. The van der Waals surface area contributed by atoms with Crippen LogP contribution in [-0.4, -0.2) is 25.5 Å². The highest BCUT2D eigenvalue weighted by molar-refractivity contribution is 6.42. The normalized spacial score (nSPS) is 18.0. The Hall–Kier alpha value is 0.0500. The van der Waals surface area contributed by atoms with Crippen molar-refractivity contribution in [2.45, 2.75) is 44.4 Å². The number of hydrogen-bond donors (Lipinski definition) is 0. The van der Waals surface area contributed by atoms with E-state index in [2.05, 4.69) is 38.1 Å². The standard InChI is InChI=1S/C17H25Cl2N.ClH/c1-13(7-10-20(2)3)12-17(8-4-9-17)14-5-6-15(18)16(19)11-14;/h5-6,11,13H,4,7-10,12H2,1-3H3;1H. The molecule has 1 aromatic rings. The molecule has 0 bridgehead atoms. The van der Waals surface area contributed by atoms with Crippen LogP contribution in [0.3, 0.4) is 0 Å². The Morgan fingerprint density at radius 1 is 1.19 bits per heavy atom. The lowest BCUT2D eigenvalue weighted by atomic mass is 9.60. The van der Waals surface area contributed by atoms with Gasteiger partial charge in [-0.2, -0.15) is 0 Å². The van der Waals surface area contributed by atoms with Crippen LogP contribution >= 0.6 is 35.6 Å². The molecule has 1 saturated carbocycles. The van der Waals surface area contributed by atoms with Gasteiger partial charge in [-0.15, -0.1) is 12.4 Å². The van der Waals surface area contributed by atoms with E-state index in [0.29, 0.717) is 15.5 Å².